The number of hydrogen-bond donors (Lipinski definition) is 0. The number of hydrogen-bond acceptors (Lipinski definition) is 0. The molecule has 0 heterocycles. The molecule has 0 aliphatic rings. The summed E-state index contributed by atoms with van der Waals surface area (Å²) in [5.74, 6) is 5.65. The van der Waals surface area contributed by atoms with Gasteiger partial charge in [0.1, 0.15) is 0 Å². The molecular formula is C12H16. The van der Waals surface area contributed by atoms with Crippen LogP contribution in [0.5, 0.6) is 0 Å². The van der Waals surface area contributed by atoms with Crippen molar-refractivity contribution in [3.8, 4) is 11.8 Å². The molecule has 0 aromatic rings. The van der Waals surface area contributed by atoms with Gasteiger partial charge in [-0.2, -0.15) is 0 Å². The van der Waals surface area contributed by atoms with Crippen LogP contribution in [0.1, 0.15) is 6.92 Å². The molecule has 0 aromatic heterocycles. The zero-order valence-corrected chi connectivity index (χ0v) is 7.72. The van der Waals surface area contributed by atoms with Gasteiger partial charge in [-0.25, -0.2) is 0 Å². The third kappa shape index (κ3) is 15.8. The van der Waals surface area contributed by atoms with Gasteiger partial charge < -0.3 is 0 Å². The molecule has 12 heavy (non-hydrogen) atoms. The summed E-state index contributed by atoms with van der Waals surface area (Å²) in [6, 6.07) is 0. The van der Waals surface area contributed by atoms with Gasteiger partial charge in [-0.05, 0) is 18.1 Å². The lowest BCUT2D eigenvalue weighted by Crippen LogP contribution is -1.75. The van der Waals surface area contributed by atoms with Crippen LogP contribution in [-0.2, 0) is 0 Å². The Bertz CT molecular complexity index is 178. The first-order valence-corrected chi connectivity index (χ1v) is 3.70. The molecule has 0 amide bonds. The quantitative estimate of drug-likeness (QED) is 0.429. The Hall–Kier alpha value is -1.48. The lowest BCUT2D eigenvalue weighted by Gasteiger charge is -1.88. The van der Waals surface area contributed by atoms with Crippen LogP contribution < -0.4 is 0 Å². The minimum Gasteiger partial charge on any atom is -0.103 e. The van der Waals surface area contributed by atoms with E-state index in [9.17, 15) is 0 Å². The van der Waals surface area contributed by atoms with Crippen molar-refractivity contribution >= 4 is 0 Å². The molecule has 0 heteroatoms. The van der Waals surface area contributed by atoms with Gasteiger partial charge in [0.2, 0.25) is 0 Å². The highest BCUT2D eigenvalue weighted by Gasteiger charge is 1.78. The maximum atomic E-state index is 3.56. The average molecular weight is 160 g/mol. The summed E-state index contributed by atoms with van der Waals surface area (Å²) in [6.07, 6.45) is 6.77. The Morgan fingerprint density at radius 1 is 0.917 bits per heavy atom. The fourth-order valence-electron chi connectivity index (χ4n) is 0.214. The molecule has 0 nitrogen and oxygen atoms in total. The largest absolute Gasteiger partial charge is 0.103 e. The van der Waals surface area contributed by atoms with E-state index < -0.39 is 0 Å². The number of allylic oxidation sites excluding steroid dienone is 4. The second-order valence-electron chi connectivity index (χ2n) is 2.03. The molecule has 0 radical (unpaired) electrons. The highest BCUT2D eigenvalue weighted by molar-refractivity contribution is 5.19. The molecule has 0 aromatic carbocycles. The van der Waals surface area contributed by atoms with E-state index in [0.29, 0.717) is 5.92 Å². The van der Waals surface area contributed by atoms with Crippen LogP contribution in [0, 0.1) is 17.8 Å². The lowest BCUT2D eigenvalue weighted by atomic mass is 10.2. The van der Waals surface area contributed by atoms with Crippen molar-refractivity contribution < 1.29 is 0 Å². The van der Waals surface area contributed by atoms with Crippen molar-refractivity contribution in [2.45, 2.75) is 6.92 Å². The summed E-state index contributed by atoms with van der Waals surface area (Å²) >= 11 is 0. The molecule has 0 saturated carbocycles. The fraction of sp³-hybridized carbons (Fsp3) is 0.167. The molecule has 0 unspecified atom stereocenters. The Morgan fingerprint density at radius 3 is 1.33 bits per heavy atom. The van der Waals surface area contributed by atoms with Crippen LogP contribution in [-0.4, -0.2) is 0 Å². The molecule has 0 atom stereocenters. The van der Waals surface area contributed by atoms with E-state index in [0.717, 1.165) is 0 Å². The minimum absolute atomic E-state index is 0.463. The summed E-state index contributed by atoms with van der Waals surface area (Å²) < 4.78 is 0. The van der Waals surface area contributed by atoms with E-state index in [4.69, 9.17) is 0 Å². The second kappa shape index (κ2) is 12.2. The van der Waals surface area contributed by atoms with Gasteiger partial charge in [-0.15, -0.1) is 13.2 Å². The van der Waals surface area contributed by atoms with E-state index in [1.54, 1.807) is 0 Å². The Balaban J connectivity index is 0. The van der Waals surface area contributed by atoms with E-state index in [1.807, 2.05) is 19.1 Å². The Kier molecular flexibility index (Phi) is 13.4. The van der Waals surface area contributed by atoms with Crippen LogP contribution in [0.4, 0.5) is 0 Å². The van der Waals surface area contributed by atoms with Crippen LogP contribution in [0.25, 0.3) is 0 Å². The van der Waals surface area contributed by atoms with Gasteiger partial charge in [0.05, 0.1) is 0 Å². The van der Waals surface area contributed by atoms with Gasteiger partial charge in [-0.3, -0.25) is 0 Å². The molecule has 0 spiro atoms. The molecule has 0 aliphatic heterocycles. The number of rotatable bonds is 2. The smallest absolute Gasteiger partial charge is 0.00872 e. The summed E-state index contributed by atoms with van der Waals surface area (Å²) in [4.78, 5) is 0. The van der Waals surface area contributed by atoms with Gasteiger partial charge in [0.25, 0.3) is 0 Å². The summed E-state index contributed by atoms with van der Waals surface area (Å²) in [7, 11) is 0. The first-order valence-electron chi connectivity index (χ1n) is 3.70. The molecular weight excluding hydrogens is 144 g/mol. The molecule has 0 fully saturated rings. The Labute approximate surface area is 76.0 Å². The third-order valence-corrected chi connectivity index (χ3v) is 1.03. The highest BCUT2D eigenvalue weighted by atomic mass is 13.8. The topological polar surface area (TPSA) is 0 Å². The maximum Gasteiger partial charge on any atom is -0.00872 e. The van der Waals surface area contributed by atoms with E-state index in [2.05, 4.69) is 38.2 Å². The first kappa shape index (κ1) is 13.1. The average Bonchev–Trinajstić information content (AvgIpc) is 2.14. The van der Waals surface area contributed by atoms with Crippen molar-refractivity contribution in [1.29, 1.82) is 0 Å². The molecule has 64 valence electrons. The van der Waals surface area contributed by atoms with Crippen LogP contribution >= 0.6 is 0 Å². The standard InChI is InChI=1S/C6H10.C6H6/c1-4-6(3)5-2;1-3-5-6-4-2/h4-6H,1-2H2,3H3;3-4H,1-2H2. The van der Waals surface area contributed by atoms with Crippen molar-refractivity contribution in [3.63, 3.8) is 0 Å². The molecule has 0 aliphatic carbocycles. The maximum absolute atomic E-state index is 3.56. The summed E-state index contributed by atoms with van der Waals surface area (Å²) in [5, 5.41) is 0. The van der Waals surface area contributed by atoms with Crippen LogP contribution in [0.2, 0.25) is 0 Å². The van der Waals surface area contributed by atoms with E-state index in [1.165, 1.54) is 12.2 Å². The van der Waals surface area contributed by atoms with Gasteiger partial charge in [0.15, 0.2) is 0 Å². The monoisotopic (exact) mass is 160 g/mol. The molecule has 0 N–H and O–H groups in total. The molecule has 0 bridgehead atoms. The van der Waals surface area contributed by atoms with Gasteiger partial charge in [0, 0.05) is 0 Å². The van der Waals surface area contributed by atoms with Gasteiger partial charge in [-0.1, -0.05) is 44.1 Å². The minimum atomic E-state index is 0.463. The van der Waals surface area contributed by atoms with Gasteiger partial charge >= 0.3 is 0 Å². The van der Waals surface area contributed by atoms with E-state index in [-0.39, 0.29) is 0 Å². The summed E-state index contributed by atoms with van der Waals surface area (Å²) in [6.45, 7) is 15.9. The van der Waals surface area contributed by atoms with Crippen molar-refractivity contribution in [2.24, 2.45) is 5.92 Å². The fourth-order valence-corrected chi connectivity index (χ4v) is 0.214. The third-order valence-electron chi connectivity index (χ3n) is 1.03. The lowest BCUT2D eigenvalue weighted by molar-refractivity contribution is 0.948. The Morgan fingerprint density at radius 2 is 1.25 bits per heavy atom. The zero-order valence-electron chi connectivity index (χ0n) is 7.72. The highest BCUT2D eigenvalue weighted by Crippen LogP contribution is 1.92. The SMILES string of the molecule is C=CC#CC=C.C=CC(C)C=C. The zero-order chi connectivity index (χ0) is 9.82. The second-order valence-corrected chi connectivity index (χ2v) is 2.03. The molecule has 0 rings (SSSR count). The normalized spacial score (nSPS) is 6.50. The van der Waals surface area contributed by atoms with Crippen molar-refractivity contribution in [3.05, 3.63) is 50.6 Å². The van der Waals surface area contributed by atoms with Crippen LogP contribution in [0.15, 0.2) is 50.6 Å². The first-order chi connectivity index (χ1) is 5.72. The predicted octanol–water partition coefficient (Wildman–Crippen LogP) is 3.36. The van der Waals surface area contributed by atoms with Crippen molar-refractivity contribution in [2.75, 3.05) is 0 Å². The molecule has 0 saturated heterocycles. The van der Waals surface area contributed by atoms with E-state index >= 15 is 0 Å². The van der Waals surface area contributed by atoms with Crippen LogP contribution in [0.3, 0.4) is 0 Å². The predicted molar refractivity (Wildman–Crippen MR) is 57.7 cm³/mol. The summed E-state index contributed by atoms with van der Waals surface area (Å²) in [5.41, 5.74) is 0. The van der Waals surface area contributed by atoms with Crippen molar-refractivity contribution in [1.82, 2.24) is 0 Å².